The molecule has 0 unspecified atom stereocenters. The number of hydrogen-bond donors (Lipinski definition) is 2. The van der Waals surface area contributed by atoms with Crippen LogP contribution in [0.5, 0.6) is 11.5 Å². The van der Waals surface area contributed by atoms with Crippen LogP contribution in [0.3, 0.4) is 0 Å². The van der Waals surface area contributed by atoms with E-state index in [1.807, 2.05) is 25.3 Å². The van der Waals surface area contributed by atoms with Crippen molar-refractivity contribution in [3.63, 3.8) is 0 Å². The van der Waals surface area contributed by atoms with Crippen LogP contribution in [-0.2, 0) is 13.1 Å². The highest BCUT2D eigenvalue weighted by Crippen LogP contribution is 2.29. The number of pyridine rings is 1. The van der Waals surface area contributed by atoms with Crippen LogP contribution in [0.4, 0.5) is 5.82 Å². The third-order valence-electron chi connectivity index (χ3n) is 4.27. The molecule has 1 aromatic carbocycles. The summed E-state index contributed by atoms with van der Waals surface area (Å²) in [6, 6.07) is 9.79. The smallest absolute Gasteiger partial charge is 0.162 e. The predicted octanol–water partition coefficient (Wildman–Crippen LogP) is 3.08. The summed E-state index contributed by atoms with van der Waals surface area (Å²) in [5, 5.41) is 13.5. The summed E-state index contributed by atoms with van der Waals surface area (Å²) in [5.41, 5.74) is 1.97. The first-order chi connectivity index (χ1) is 11.8. The fourth-order valence-electron chi connectivity index (χ4n) is 2.98. The molecule has 5 nitrogen and oxygen atoms in total. The number of hydrogen-bond acceptors (Lipinski definition) is 5. The average Bonchev–Trinajstić information content (AvgIpc) is 3.13. The summed E-state index contributed by atoms with van der Waals surface area (Å²) < 4.78 is 5.41. The molecule has 24 heavy (non-hydrogen) atoms. The first-order valence-corrected chi connectivity index (χ1v) is 8.62. The Morgan fingerprint density at radius 3 is 2.71 bits per heavy atom. The van der Waals surface area contributed by atoms with Gasteiger partial charge in [0.05, 0.1) is 6.61 Å². The lowest BCUT2D eigenvalue weighted by molar-refractivity contribution is 0.316. The zero-order chi connectivity index (χ0) is 16.8. The summed E-state index contributed by atoms with van der Waals surface area (Å²) in [6.45, 7) is 5.97. The second-order valence-corrected chi connectivity index (χ2v) is 6.02. The Morgan fingerprint density at radius 1 is 1.17 bits per heavy atom. The number of rotatable bonds is 7. The van der Waals surface area contributed by atoms with Gasteiger partial charge in [-0.15, -0.1) is 0 Å². The van der Waals surface area contributed by atoms with Gasteiger partial charge in [-0.2, -0.15) is 0 Å². The molecular weight excluding hydrogens is 302 g/mol. The van der Waals surface area contributed by atoms with Gasteiger partial charge >= 0.3 is 0 Å². The van der Waals surface area contributed by atoms with E-state index in [1.165, 1.54) is 12.8 Å². The summed E-state index contributed by atoms with van der Waals surface area (Å²) in [7, 11) is 0. The number of phenols is 1. The van der Waals surface area contributed by atoms with Gasteiger partial charge in [0.25, 0.3) is 0 Å². The first-order valence-electron chi connectivity index (χ1n) is 8.62. The predicted molar refractivity (Wildman–Crippen MR) is 95.5 cm³/mol. The van der Waals surface area contributed by atoms with Crippen LogP contribution in [0.15, 0.2) is 36.5 Å². The van der Waals surface area contributed by atoms with Crippen LogP contribution in [0.1, 0.15) is 30.9 Å². The molecule has 2 N–H and O–H groups in total. The molecule has 0 bridgehead atoms. The lowest BCUT2D eigenvalue weighted by Crippen LogP contribution is -2.19. The highest BCUT2D eigenvalue weighted by molar-refractivity contribution is 5.45. The number of benzene rings is 1. The van der Waals surface area contributed by atoms with Gasteiger partial charge in [-0.3, -0.25) is 0 Å². The molecule has 0 spiro atoms. The van der Waals surface area contributed by atoms with Crippen LogP contribution in [0.2, 0.25) is 0 Å². The molecule has 1 fully saturated rings. The minimum atomic E-state index is 0.217. The Morgan fingerprint density at radius 2 is 2.00 bits per heavy atom. The fourth-order valence-corrected chi connectivity index (χ4v) is 2.98. The van der Waals surface area contributed by atoms with E-state index in [4.69, 9.17) is 4.74 Å². The molecule has 1 saturated heterocycles. The second-order valence-electron chi connectivity index (χ2n) is 6.02. The Kier molecular flexibility index (Phi) is 5.54. The van der Waals surface area contributed by atoms with Crippen LogP contribution in [0.25, 0.3) is 0 Å². The summed E-state index contributed by atoms with van der Waals surface area (Å²) >= 11 is 0. The second kappa shape index (κ2) is 8.02. The lowest BCUT2D eigenvalue weighted by Gasteiger charge is -2.16. The standard InChI is InChI=1S/C19H25N3O2/c1-2-24-17-7-5-6-16(19(17)23)14-20-12-15-8-9-18(21-13-15)22-10-3-4-11-22/h5-9,13,20,23H,2-4,10-12,14H2,1H3. The molecule has 0 saturated carbocycles. The van der Waals surface area contributed by atoms with Gasteiger partial charge in [0.2, 0.25) is 0 Å². The SMILES string of the molecule is CCOc1cccc(CNCc2ccc(N3CCCC3)nc2)c1O. The number of nitrogens with zero attached hydrogens (tertiary/aromatic N) is 2. The topological polar surface area (TPSA) is 57.6 Å². The van der Waals surface area contributed by atoms with Crippen LogP contribution >= 0.6 is 0 Å². The molecule has 0 aliphatic carbocycles. The summed E-state index contributed by atoms with van der Waals surface area (Å²) in [6.07, 6.45) is 4.45. The van der Waals surface area contributed by atoms with E-state index in [1.54, 1.807) is 6.07 Å². The molecule has 1 aromatic heterocycles. The number of ether oxygens (including phenoxy) is 1. The van der Waals surface area contributed by atoms with E-state index in [-0.39, 0.29) is 5.75 Å². The largest absolute Gasteiger partial charge is 0.504 e. The number of nitrogens with one attached hydrogen (secondary N) is 1. The van der Waals surface area contributed by atoms with Crippen molar-refractivity contribution in [2.45, 2.75) is 32.9 Å². The molecule has 0 amide bonds. The van der Waals surface area contributed by atoms with Crippen LogP contribution in [-0.4, -0.2) is 29.8 Å². The fraction of sp³-hybridized carbons (Fsp3) is 0.421. The van der Waals surface area contributed by atoms with Gasteiger partial charge in [0.15, 0.2) is 11.5 Å². The zero-order valence-electron chi connectivity index (χ0n) is 14.2. The normalized spacial score (nSPS) is 14.1. The molecule has 1 aliphatic rings. The van der Waals surface area contributed by atoms with E-state index >= 15 is 0 Å². The molecule has 0 radical (unpaired) electrons. The monoisotopic (exact) mass is 327 g/mol. The van der Waals surface area contributed by atoms with E-state index in [9.17, 15) is 5.11 Å². The highest BCUT2D eigenvalue weighted by atomic mass is 16.5. The van der Waals surface area contributed by atoms with Gasteiger partial charge in [0.1, 0.15) is 5.82 Å². The van der Waals surface area contributed by atoms with Crippen molar-refractivity contribution in [3.05, 3.63) is 47.7 Å². The summed E-state index contributed by atoms with van der Waals surface area (Å²) in [4.78, 5) is 6.89. The maximum atomic E-state index is 10.2. The molecule has 2 heterocycles. The highest BCUT2D eigenvalue weighted by Gasteiger charge is 2.13. The maximum Gasteiger partial charge on any atom is 0.162 e. The van der Waals surface area contributed by atoms with Crippen molar-refractivity contribution >= 4 is 5.82 Å². The van der Waals surface area contributed by atoms with E-state index in [0.29, 0.717) is 25.4 Å². The molecule has 2 aromatic rings. The third kappa shape index (κ3) is 3.97. The minimum Gasteiger partial charge on any atom is -0.504 e. The number of para-hydroxylation sites is 1. The molecule has 0 atom stereocenters. The summed E-state index contributed by atoms with van der Waals surface area (Å²) in [5.74, 6) is 1.82. The molecule has 5 heteroatoms. The Bertz CT molecular complexity index is 652. The number of aromatic hydroxyl groups is 1. The van der Waals surface area contributed by atoms with Gasteiger partial charge in [-0.05, 0) is 37.5 Å². The maximum absolute atomic E-state index is 10.2. The van der Waals surface area contributed by atoms with Gasteiger partial charge < -0.3 is 20.1 Å². The number of phenolic OH excluding ortho intramolecular Hbond substituents is 1. The van der Waals surface area contributed by atoms with Crippen molar-refractivity contribution in [1.29, 1.82) is 0 Å². The quantitative estimate of drug-likeness (QED) is 0.818. The van der Waals surface area contributed by atoms with E-state index < -0.39 is 0 Å². The Balaban J connectivity index is 1.54. The molecule has 1 aliphatic heterocycles. The Labute approximate surface area is 143 Å². The van der Waals surface area contributed by atoms with Crippen molar-refractivity contribution in [3.8, 4) is 11.5 Å². The molecular formula is C19H25N3O2. The van der Waals surface area contributed by atoms with Crippen LogP contribution < -0.4 is 15.0 Å². The van der Waals surface area contributed by atoms with Gasteiger partial charge in [0, 0.05) is 37.9 Å². The number of anilines is 1. The van der Waals surface area contributed by atoms with Crippen molar-refractivity contribution < 1.29 is 9.84 Å². The van der Waals surface area contributed by atoms with E-state index in [2.05, 4.69) is 27.3 Å². The number of aromatic nitrogens is 1. The van der Waals surface area contributed by atoms with Gasteiger partial charge in [-0.25, -0.2) is 4.98 Å². The Hall–Kier alpha value is -2.27. The average molecular weight is 327 g/mol. The van der Waals surface area contributed by atoms with Gasteiger partial charge in [-0.1, -0.05) is 18.2 Å². The van der Waals surface area contributed by atoms with Crippen LogP contribution in [0, 0.1) is 0 Å². The lowest BCUT2D eigenvalue weighted by atomic mass is 10.2. The van der Waals surface area contributed by atoms with Crippen molar-refractivity contribution in [1.82, 2.24) is 10.3 Å². The minimum absolute atomic E-state index is 0.217. The molecule has 3 rings (SSSR count). The first kappa shape index (κ1) is 16.6. The van der Waals surface area contributed by atoms with Crippen molar-refractivity contribution in [2.75, 3.05) is 24.6 Å². The third-order valence-corrected chi connectivity index (χ3v) is 4.27. The van der Waals surface area contributed by atoms with E-state index in [0.717, 1.165) is 30.0 Å². The van der Waals surface area contributed by atoms with Crippen molar-refractivity contribution in [2.24, 2.45) is 0 Å². The molecule has 128 valence electrons. The zero-order valence-corrected chi connectivity index (χ0v) is 14.2.